The normalized spacial score (nSPS) is 12.2. The SMILES string of the molecule is CN(C)c1ccc(C(O)(c2ccc(N(C)C)cc2)C(F)(F)F)cc1. The number of alkyl halides is 3. The Balaban J connectivity index is 2.54. The molecular formula is C18H21F3N2O. The third-order valence-corrected chi connectivity index (χ3v) is 4.01. The summed E-state index contributed by atoms with van der Waals surface area (Å²) in [6.45, 7) is 0. The van der Waals surface area contributed by atoms with Crippen molar-refractivity contribution in [2.75, 3.05) is 38.0 Å². The van der Waals surface area contributed by atoms with E-state index in [1.54, 1.807) is 62.3 Å². The summed E-state index contributed by atoms with van der Waals surface area (Å²) in [7, 11) is 7.19. The Kier molecular flexibility index (Phi) is 4.80. The molecule has 2 aromatic carbocycles. The maximum Gasteiger partial charge on any atom is 0.425 e. The quantitative estimate of drug-likeness (QED) is 0.922. The molecule has 0 aliphatic rings. The monoisotopic (exact) mass is 338 g/mol. The van der Waals surface area contributed by atoms with Gasteiger partial charge in [-0.3, -0.25) is 0 Å². The van der Waals surface area contributed by atoms with E-state index in [2.05, 4.69) is 0 Å². The molecule has 0 saturated carbocycles. The number of benzene rings is 2. The van der Waals surface area contributed by atoms with Gasteiger partial charge < -0.3 is 14.9 Å². The summed E-state index contributed by atoms with van der Waals surface area (Å²) in [5, 5.41) is 10.6. The highest BCUT2D eigenvalue weighted by atomic mass is 19.4. The van der Waals surface area contributed by atoms with E-state index in [1.807, 2.05) is 0 Å². The number of anilines is 2. The van der Waals surface area contributed by atoms with Gasteiger partial charge in [0.05, 0.1) is 0 Å². The predicted molar refractivity (Wildman–Crippen MR) is 90.6 cm³/mol. The molecule has 0 heterocycles. The highest BCUT2D eigenvalue weighted by Gasteiger charge is 2.56. The van der Waals surface area contributed by atoms with Crippen molar-refractivity contribution in [1.29, 1.82) is 0 Å². The molecule has 24 heavy (non-hydrogen) atoms. The average Bonchev–Trinajstić information content (AvgIpc) is 2.53. The van der Waals surface area contributed by atoms with Crippen LogP contribution in [-0.4, -0.2) is 39.5 Å². The Morgan fingerprint density at radius 3 is 1.17 bits per heavy atom. The first-order chi connectivity index (χ1) is 11.1. The third kappa shape index (κ3) is 3.19. The minimum absolute atomic E-state index is 0.210. The molecular weight excluding hydrogens is 317 g/mol. The molecule has 0 aliphatic heterocycles. The van der Waals surface area contributed by atoms with Crippen LogP contribution in [0.25, 0.3) is 0 Å². The Morgan fingerprint density at radius 2 is 0.958 bits per heavy atom. The largest absolute Gasteiger partial charge is 0.425 e. The summed E-state index contributed by atoms with van der Waals surface area (Å²) < 4.78 is 41.2. The molecule has 130 valence electrons. The molecule has 1 N–H and O–H groups in total. The highest BCUT2D eigenvalue weighted by Crippen LogP contribution is 2.44. The van der Waals surface area contributed by atoms with Gasteiger partial charge in [-0.15, -0.1) is 0 Å². The van der Waals surface area contributed by atoms with Crippen molar-refractivity contribution in [3.63, 3.8) is 0 Å². The minimum Gasteiger partial charge on any atom is -0.378 e. The average molecular weight is 338 g/mol. The minimum atomic E-state index is -4.84. The first-order valence-electron chi connectivity index (χ1n) is 7.42. The maximum absolute atomic E-state index is 13.7. The lowest BCUT2D eigenvalue weighted by atomic mass is 9.85. The molecule has 2 rings (SSSR count). The summed E-state index contributed by atoms with van der Waals surface area (Å²) in [4.78, 5) is 3.56. The van der Waals surface area contributed by atoms with E-state index in [0.29, 0.717) is 0 Å². The van der Waals surface area contributed by atoms with Gasteiger partial charge in [0.1, 0.15) is 0 Å². The van der Waals surface area contributed by atoms with Crippen LogP contribution >= 0.6 is 0 Å². The van der Waals surface area contributed by atoms with E-state index in [1.165, 1.54) is 24.3 Å². The molecule has 0 unspecified atom stereocenters. The Morgan fingerprint density at radius 1 is 0.667 bits per heavy atom. The molecule has 0 amide bonds. The second-order valence-corrected chi connectivity index (χ2v) is 6.09. The van der Waals surface area contributed by atoms with Gasteiger partial charge in [-0.25, -0.2) is 0 Å². The van der Waals surface area contributed by atoms with Crippen molar-refractivity contribution in [2.45, 2.75) is 11.8 Å². The number of halogens is 3. The summed E-state index contributed by atoms with van der Waals surface area (Å²) in [5.41, 5.74) is -1.96. The van der Waals surface area contributed by atoms with E-state index >= 15 is 0 Å². The van der Waals surface area contributed by atoms with Gasteiger partial charge in [0.25, 0.3) is 0 Å². The molecule has 3 nitrogen and oxygen atoms in total. The molecule has 0 spiro atoms. The summed E-state index contributed by atoms with van der Waals surface area (Å²) in [5.74, 6) is 0. The first kappa shape index (κ1) is 18.1. The molecule has 6 heteroatoms. The van der Waals surface area contributed by atoms with Gasteiger partial charge in [0, 0.05) is 39.6 Å². The van der Waals surface area contributed by atoms with Gasteiger partial charge in [0.15, 0.2) is 0 Å². The van der Waals surface area contributed by atoms with Crippen LogP contribution in [0.3, 0.4) is 0 Å². The van der Waals surface area contributed by atoms with E-state index in [0.717, 1.165) is 11.4 Å². The van der Waals surface area contributed by atoms with Crippen LogP contribution in [0.5, 0.6) is 0 Å². The standard InChI is InChI=1S/C18H21F3N2O/c1-22(2)15-9-5-13(6-10-15)17(24,18(19,20)21)14-7-11-16(12-8-14)23(3)4/h5-12,24H,1-4H3. The van der Waals surface area contributed by atoms with Gasteiger partial charge in [-0.05, 0) is 35.4 Å². The van der Waals surface area contributed by atoms with Crippen LogP contribution in [0.15, 0.2) is 48.5 Å². The Hall–Kier alpha value is -2.21. The highest BCUT2D eigenvalue weighted by molar-refractivity contribution is 5.52. The molecule has 2 aromatic rings. The fourth-order valence-electron chi connectivity index (χ4n) is 2.50. The zero-order valence-corrected chi connectivity index (χ0v) is 14.1. The lowest BCUT2D eigenvalue weighted by Crippen LogP contribution is -2.43. The summed E-state index contributed by atoms with van der Waals surface area (Å²) in [6, 6.07) is 11.5. The van der Waals surface area contributed by atoms with Gasteiger partial charge in [0.2, 0.25) is 5.60 Å². The molecule has 0 saturated heterocycles. The second-order valence-electron chi connectivity index (χ2n) is 6.09. The Labute approximate surface area is 139 Å². The van der Waals surface area contributed by atoms with Crippen molar-refractivity contribution in [3.05, 3.63) is 59.7 Å². The molecule has 0 aliphatic carbocycles. The third-order valence-electron chi connectivity index (χ3n) is 4.01. The molecule has 0 aromatic heterocycles. The zero-order valence-electron chi connectivity index (χ0n) is 14.1. The van der Waals surface area contributed by atoms with Crippen LogP contribution in [0.4, 0.5) is 24.5 Å². The Bertz CT molecular complexity index is 625. The molecule has 0 atom stereocenters. The van der Waals surface area contributed by atoms with Crippen LogP contribution in [-0.2, 0) is 5.60 Å². The van der Waals surface area contributed by atoms with E-state index in [9.17, 15) is 18.3 Å². The van der Waals surface area contributed by atoms with Crippen LogP contribution in [0.2, 0.25) is 0 Å². The molecule has 0 fully saturated rings. The summed E-state index contributed by atoms with van der Waals surface area (Å²) in [6.07, 6.45) is -4.84. The zero-order chi connectivity index (χ0) is 18.1. The van der Waals surface area contributed by atoms with Gasteiger partial charge in [-0.2, -0.15) is 13.2 Å². The van der Waals surface area contributed by atoms with Crippen LogP contribution < -0.4 is 9.80 Å². The molecule has 0 bridgehead atoms. The number of rotatable bonds is 4. The van der Waals surface area contributed by atoms with E-state index in [4.69, 9.17) is 0 Å². The van der Waals surface area contributed by atoms with E-state index in [-0.39, 0.29) is 11.1 Å². The fraction of sp³-hybridized carbons (Fsp3) is 0.333. The number of hydrogen-bond acceptors (Lipinski definition) is 3. The fourth-order valence-corrected chi connectivity index (χ4v) is 2.50. The predicted octanol–water partition coefficient (Wildman–Crippen LogP) is 3.62. The number of aliphatic hydroxyl groups is 1. The van der Waals surface area contributed by atoms with Crippen molar-refractivity contribution in [1.82, 2.24) is 0 Å². The van der Waals surface area contributed by atoms with Crippen molar-refractivity contribution in [3.8, 4) is 0 Å². The first-order valence-corrected chi connectivity index (χ1v) is 7.42. The lowest BCUT2D eigenvalue weighted by Gasteiger charge is -2.32. The summed E-state index contributed by atoms with van der Waals surface area (Å²) >= 11 is 0. The van der Waals surface area contributed by atoms with Crippen molar-refractivity contribution in [2.24, 2.45) is 0 Å². The van der Waals surface area contributed by atoms with Crippen LogP contribution in [0, 0.1) is 0 Å². The number of hydrogen-bond donors (Lipinski definition) is 1. The maximum atomic E-state index is 13.7. The van der Waals surface area contributed by atoms with Crippen molar-refractivity contribution >= 4 is 11.4 Å². The second kappa shape index (κ2) is 6.36. The molecule has 0 radical (unpaired) electrons. The van der Waals surface area contributed by atoms with Gasteiger partial charge >= 0.3 is 6.18 Å². The number of nitrogens with zero attached hydrogens (tertiary/aromatic N) is 2. The van der Waals surface area contributed by atoms with Gasteiger partial charge in [-0.1, -0.05) is 24.3 Å². The van der Waals surface area contributed by atoms with Crippen LogP contribution in [0.1, 0.15) is 11.1 Å². The van der Waals surface area contributed by atoms with E-state index < -0.39 is 11.8 Å². The lowest BCUT2D eigenvalue weighted by molar-refractivity contribution is -0.248. The van der Waals surface area contributed by atoms with Crippen molar-refractivity contribution < 1.29 is 18.3 Å². The topological polar surface area (TPSA) is 26.7 Å². The smallest absolute Gasteiger partial charge is 0.378 e.